The Labute approximate surface area is 118 Å². The van der Waals surface area contributed by atoms with Gasteiger partial charge < -0.3 is 10.5 Å². The summed E-state index contributed by atoms with van der Waals surface area (Å²) in [6.45, 7) is 3.99. The Balaban J connectivity index is 2.34. The number of hydrogen-bond donors (Lipinski definition) is 1. The van der Waals surface area contributed by atoms with E-state index in [1.54, 1.807) is 29.2 Å². The number of ether oxygens (including phenoxy) is 1. The lowest BCUT2D eigenvalue weighted by molar-refractivity contribution is 0.478. The number of aromatic nitrogens is 2. The second-order valence-electron chi connectivity index (χ2n) is 4.79. The van der Waals surface area contributed by atoms with E-state index < -0.39 is 9.84 Å². The zero-order chi connectivity index (χ0) is 14.9. The molecule has 2 aromatic rings. The lowest BCUT2D eigenvalue weighted by Gasteiger charge is -2.09. The quantitative estimate of drug-likeness (QED) is 0.874. The van der Waals surface area contributed by atoms with Crippen LogP contribution in [0.4, 0.5) is 5.69 Å². The van der Waals surface area contributed by atoms with E-state index in [-0.39, 0.29) is 16.6 Å². The number of hydrogen-bond acceptors (Lipinski definition) is 5. The molecule has 0 aliphatic carbocycles. The third kappa shape index (κ3) is 2.93. The van der Waals surface area contributed by atoms with Crippen LogP contribution in [0.3, 0.4) is 0 Å². The summed E-state index contributed by atoms with van der Waals surface area (Å²) in [6.07, 6.45) is 4.41. The van der Waals surface area contributed by atoms with Crippen LogP contribution in [0.2, 0.25) is 0 Å². The summed E-state index contributed by atoms with van der Waals surface area (Å²) >= 11 is 0. The first kappa shape index (κ1) is 14.4. The highest BCUT2D eigenvalue weighted by atomic mass is 32.2. The third-order valence-corrected chi connectivity index (χ3v) is 3.92. The third-order valence-electron chi connectivity index (χ3n) is 2.76. The van der Waals surface area contributed by atoms with Crippen molar-refractivity contribution in [3.8, 4) is 11.5 Å². The fourth-order valence-corrected chi connectivity index (χ4v) is 2.54. The summed E-state index contributed by atoms with van der Waals surface area (Å²) in [6, 6.07) is 4.88. The molecule has 0 aliphatic rings. The van der Waals surface area contributed by atoms with Crippen molar-refractivity contribution < 1.29 is 13.2 Å². The fraction of sp³-hybridized carbons (Fsp3) is 0.308. The van der Waals surface area contributed by atoms with Gasteiger partial charge >= 0.3 is 0 Å². The van der Waals surface area contributed by atoms with Crippen molar-refractivity contribution in [1.82, 2.24) is 9.78 Å². The Hall–Kier alpha value is -2.02. The van der Waals surface area contributed by atoms with E-state index in [0.29, 0.717) is 11.5 Å². The number of nitrogens with zero attached hydrogens (tertiary/aromatic N) is 2. The van der Waals surface area contributed by atoms with Crippen molar-refractivity contribution in [2.45, 2.75) is 24.8 Å². The first-order valence-electron chi connectivity index (χ1n) is 6.09. The molecular formula is C13H17N3O3S. The van der Waals surface area contributed by atoms with E-state index in [1.807, 2.05) is 13.8 Å². The minimum Gasteiger partial charge on any atom is -0.452 e. The normalized spacial score (nSPS) is 11.8. The molecule has 0 saturated heterocycles. The molecule has 0 radical (unpaired) electrons. The molecule has 20 heavy (non-hydrogen) atoms. The molecule has 1 aromatic heterocycles. The molecule has 0 bridgehead atoms. The topological polar surface area (TPSA) is 87.2 Å². The fourth-order valence-electron chi connectivity index (χ4n) is 1.72. The second kappa shape index (κ2) is 5.16. The molecule has 0 saturated carbocycles. The van der Waals surface area contributed by atoms with Crippen molar-refractivity contribution >= 4 is 15.5 Å². The summed E-state index contributed by atoms with van der Waals surface area (Å²) in [5.74, 6) is 0.812. The number of benzene rings is 1. The highest BCUT2D eigenvalue weighted by molar-refractivity contribution is 7.90. The Bertz CT molecular complexity index is 720. The monoisotopic (exact) mass is 295 g/mol. The average molecular weight is 295 g/mol. The van der Waals surface area contributed by atoms with E-state index in [1.165, 1.54) is 6.07 Å². The zero-order valence-corrected chi connectivity index (χ0v) is 12.4. The summed E-state index contributed by atoms with van der Waals surface area (Å²) in [4.78, 5) is 0.0613. The van der Waals surface area contributed by atoms with Gasteiger partial charge in [-0.3, -0.25) is 4.68 Å². The van der Waals surface area contributed by atoms with Gasteiger partial charge in [0, 0.05) is 12.3 Å². The molecule has 7 heteroatoms. The van der Waals surface area contributed by atoms with Crippen molar-refractivity contribution in [3.63, 3.8) is 0 Å². The number of para-hydroxylation sites is 1. The summed E-state index contributed by atoms with van der Waals surface area (Å²) in [5, 5.41) is 4.15. The smallest absolute Gasteiger partial charge is 0.177 e. The summed E-state index contributed by atoms with van der Waals surface area (Å²) < 4.78 is 30.5. The summed E-state index contributed by atoms with van der Waals surface area (Å²) in [5.41, 5.74) is 5.96. The van der Waals surface area contributed by atoms with Crippen LogP contribution in [0.1, 0.15) is 19.9 Å². The van der Waals surface area contributed by atoms with Gasteiger partial charge in [-0.05, 0) is 26.0 Å². The van der Waals surface area contributed by atoms with Crippen LogP contribution in [0.5, 0.6) is 11.5 Å². The highest BCUT2D eigenvalue weighted by Gasteiger charge is 2.15. The van der Waals surface area contributed by atoms with Crippen LogP contribution in [0, 0.1) is 0 Å². The van der Waals surface area contributed by atoms with Gasteiger partial charge in [0.15, 0.2) is 21.3 Å². The van der Waals surface area contributed by atoms with Crippen LogP contribution in [0.15, 0.2) is 35.5 Å². The van der Waals surface area contributed by atoms with Crippen molar-refractivity contribution in [2.75, 3.05) is 12.0 Å². The number of nitrogens with two attached hydrogens (primary N) is 1. The first-order valence-corrected chi connectivity index (χ1v) is 7.98. The van der Waals surface area contributed by atoms with E-state index in [2.05, 4.69) is 5.10 Å². The Morgan fingerprint density at radius 1 is 1.35 bits per heavy atom. The van der Waals surface area contributed by atoms with Gasteiger partial charge in [0.25, 0.3) is 0 Å². The molecular weight excluding hydrogens is 278 g/mol. The van der Waals surface area contributed by atoms with Crippen molar-refractivity contribution in [2.24, 2.45) is 0 Å². The zero-order valence-electron chi connectivity index (χ0n) is 11.6. The largest absolute Gasteiger partial charge is 0.452 e. The van der Waals surface area contributed by atoms with Crippen LogP contribution in [-0.2, 0) is 9.84 Å². The van der Waals surface area contributed by atoms with Crippen LogP contribution in [-0.4, -0.2) is 24.5 Å². The van der Waals surface area contributed by atoms with Gasteiger partial charge in [0.1, 0.15) is 0 Å². The lowest BCUT2D eigenvalue weighted by Crippen LogP contribution is -2.03. The number of anilines is 1. The maximum absolute atomic E-state index is 11.6. The van der Waals surface area contributed by atoms with Crippen molar-refractivity contribution in [1.29, 1.82) is 0 Å². The second-order valence-corrected chi connectivity index (χ2v) is 6.78. The van der Waals surface area contributed by atoms with Gasteiger partial charge in [-0.15, -0.1) is 0 Å². The van der Waals surface area contributed by atoms with Gasteiger partial charge in [-0.1, -0.05) is 6.07 Å². The SMILES string of the molecule is CC(C)n1cc(Oc2cccc(S(C)(=O)=O)c2N)cn1. The Kier molecular flexibility index (Phi) is 3.71. The Morgan fingerprint density at radius 2 is 2.05 bits per heavy atom. The van der Waals surface area contributed by atoms with E-state index in [4.69, 9.17) is 10.5 Å². The van der Waals surface area contributed by atoms with Crippen LogP contribution in [0.25, 0.3) is 0 Å². The molecule has 2 N–H and O–H groups in total. The molecule has 0 amide bonds. The molecule has 0 fully saturated rings. The summed E-state index contributed by atoms with van der Waals surface area (Å²) in [7, 11) is -3.38. The molecule has 0 aliphatic heterocycles. The minimum atomic E-state index is -3.38. The molecule has 1 aromatic carbocycles. The standard InChI is InChI=1S/C13H17N3O3S/c1-9(2)16-8-10(7-15-16)19-11-5-4-6-12(13(11)14)20(3,17)18/h4-9H,14H2,1-3H3. The number of nitrogen functional groups attached to an aromatic ring is 1. The maximum atomic E-state index is 11.6. The number of sulfone groups is 1. The number of rotatable bonds is 4. The average Bonchev–Trinajstić information content (AvgIpc) is 2.79. The minimum absolute atomic E-state index is 0.0613. The van der Waals surface area contributed by atoms with Gasteiger partial charge in [-0.25, -0.2) is 8.42 Å². The molecule has 1 heterocycles. The van der Waals surface area contributed by atoms with E-state index in [0.717, 1.165) is 6.26 Å². The molecule has 108 valence electrons. The van der Waals surface area contributed by atoms with E-state index in [9.17, 15) is 8.42 Å². The lowest BCUT2D eigenvalue weighted by atomic mass is 10.3. The first-order chi connectivity index (χ1) is 9.29. The highest BCUT2D eigenvalue weighted by Crippen LogP contribution is 2.32. The predicted molar refractivity (Wildman–Crippen MR) is 76.7 cm³/mol. The molecule has 0 unspecified atom stereocenters. The molecule has 6 nitrogen and oxygen atoms in total. The predicted octanol–water partition coefficient (Wildman–Crippen LogP) is 2.24. The van der Waals surface area contributed by atoms with Crippen LogP contribution < -0.4 is 10.5 Å². The van der Waals surface area contributed by atoms with E-state index >= 15 is 0 Å². The molecule has 0 atom stereocenters. The van der Waals surface area contributed by atoms with Gasteiger partial charge in [0.05, 0.1) is 23.0 Å². The van der Waals surface area contributed by atoms with Gasteiger partial charge in [0.2, 0.25) is 0 Å². The van der Waals surface area contributed by atoms with Crippen LogP contribution >= 0.6 is 0 Å². The Morgan fingerprint density at radius 3 is 2.60 bits per heavy atom. The molecule has 0 spiro atoms. The van der Waals surface area contributed by atoms with Crippen molar-refractivity contribution in [3.05, 3.63) is 30.6 Å². The molecule has 2 rings (SSSR count). The van der Waals surface area contributed by atoms with Gasteiger partial charge in [-0.2, -0.15) is 5.10 Å². The maximum Gasteiger partial charge on any atom is 0.177 e.